The number of carbonyl (C=O) groups excluding carboxylic acids is 3. The predicted molar refractivity (Wildman–Crippen MR) is 176 cm³/mol. The molecule has 7 nitrogen and oxygen atoms in total. The average Bonchev–Trinajstić information content (AvgIpc) is 2.90. The number of carbonyl (C=O) groups is 3. The molecular weight excluding hydrogens is 562 g/mol. The van der Waals surface area contributed by atoms with Gasteiger partial charge in [-0.05, 0) is 95.9 Å². The molecule has 0 heterocycles. The van der Waals surface area contributed by atoms with Gasteiger partial charge in [-0.1, -0.05) is 81.6 Å². The summed E-state index contributed by atoms with van der Waals surface area (Å²) in [7, 11) is 0. The van der Waals surface area contributed by atoms with E-state index in [2.05, 4.69) is 24.5 Å². The molecule has 238 valence electrons. The van der Waals surface area contributed by atoms with Crippen LogP contribution in [0.25, 0.3) is 0 Å². The third-order valence-corrected chi connectivity index (χ3v) is 8.08. The summed E-state index contributed by atoms with van der Waals surface area (Å²) in [5.41, 5.74) is 3.18. The first-order chi connectivity index (χ1) is 20.0. The van der Waals surface area contributed by atoms with Crippen molar-refractivity contribution in [1.29, 1.82) is 0 Å². The van der Waals surface area contributed by atoms with E-state index in [1.807, 2.05) is 71.9 Å². The van der Waals surface area contributed by atoms with Gasteiger partial charge in [-0.15, -0.1) is 0 Å². The van der Waals surface area contributed by atoms with Gasteiger partial charge in [-0.3, -0.25) is 9.59 Å². The summed E-state index contributed by atoms with van der Waals surface area (Å²) in [4.78, 5) is 43.9. The molecule has 0 spiro atoms. The fraction of sp³-hybridized carbons (Fsp3) is 0.571. The molecule has 4 unspecified atom stereocenters. The van der Waals surface area contributed by atoms with Crippen LogP contribution in [-0.4, -0.2) is 40.5 Å². The van der Waals surface area contributed by atoms with Gasteiger partial charge in [0, 0.05) is 6.04 Å². The van der Waals surface area contributed by atoms with Crippen molar-refractivity contribution in [3.05, 3.63) is 63.7 Å². The topological polar surface area (TPSA) is 87.7 Å². The normalized spacial score (nSPS) is 14.4. The van der Waals surface area contributed by atoms with Crippen LogP contribution in [0, 0.1) is 32.6 Å². The molecule has 0 aromatic heterocycles. The minimum absolute atomic E-state index is 0.215. The van der Waals surface area contributed by atoms with Crippen molar-refractivity contribution in [1.82, 2.24) is 10.2 Å². The molecule has 0 aliphatic rings. The Kier molecular flexibility index (Phi) is 13.1. The van der Waals surface area contributed by atoms with Gasteiger partial charge < -0.3 is 20.3 Å². The third kappa shape index (κ3) is 10.3. The van der Waals surface area contributed by atoms with E-state index in [1.165, 1.54) is 0 Å². The molecule has 0 bridgehead atoms. The molecular formula is C35H52ClN3O4. The van der Waals surface area contributed by atoms with E-state index in [1.54, 1.807) is 31.7 Å². The van der Waals surface area contributed by atoms with Crippen molar-refractivity contribution in [2.24, 2.45) is 11.8 Å². The van der Waals surface area contributed by atoms with Crippen LogP contribution < -0.4 is 10.6 Å². The average molecular weight is 614 g/mol. The molecule has 0 fully saturated rings. The number of para-hydroxylation sites is 1. The number of amides is 3. The maximum atomic E-state index is 14.8. The SMILES string of the molecule is CCC(C)C(NC(=O)OC(C)(C)C)C(=O)N(C(C)CCC(C)C)C(C(=O)Nc1c(C)cccc1Cl)c1cc(C)ccc1C. The predicted octanol–water partition coefficient (Wildman–Crippen LogP) is 8.54. The van der Waals surface area contributed by atoms with Crippen LogP contribution in [0.2, 0.25) is 5.02 Å². The van der Waals surface area contributed by atoms with E-state index in [9.17, 15) is 14.4 Å². The van der Waals surface area contributed by atoms with Gasteiger partial charge in [0.25, 0.3) is 5.91 Å². The van der Waals surface area contributed by atoms with Crippen LogP contribution in [-0.2, 0) is 14.3 Å². The van der Waals surface area contributed by atoms with Crippen LogP contribution in [0.15, 0.2) is 36.4 Å². The fourth-order valence-electron chi connectivity index (χ4n) is 5.04. The first-order valence-corrected chi connectivity index (χ1v) is 15.8. The Morgan fingerprint density at radius 3 is 2.16 bits per heavy atom. The Labute approximate surface area is 264 Å². The molecule has 0 radical (unpaired) electrons. The molecule has 4 atom stereocenters. The van der Waals surface area contributed by atoms with Crippen molar-refractivity contribution < 1.29 is 19.1 Å². The second-order valence-corrected chi connectivity index (χ2v) is 13.7. The lowest BCUT2D eigenvalue weighted by atomic mass is 9.91. The van der Waals surface area contributed by atoms with Crippen molar-refractivity contribution in [2.45, 2.75) is 119 Å². The summed E-state index contributed by atoms with van der Waals surface area (Å²) < 4.78 is 5.55. The molecule has 8 heteroatoms. The number of alkyl carbamates (subject to hydrolysis) is 1. The zero-order valence-electron chi connectivity index (χ0n) is 27.9. The zero-order chi connectivity index (χ0) is 32.6. The van der Waals surface area contributed by atoms with Gasteiger partial charge in [0.2, 0.25) is 5.91 Å². The molecule has 2 rings (SSSR count). The Hall–Kier alpha value is -3.06. The number of anilines is 1. The van der Waals surface area contributed by atoms with Crippen molar-refractivity contribution in [2.75, 3.05) is 5.32 Å². The number of rotatable bonds is 12. The second kappa shape index (κ2) is 15.6. The van der Waals surface area contributed by atoms with E-state index in [-0.39, 0.29) is 23.8 Å². The van der Waals surface area contributed by atoms with Crippen LogP contribution >= 0.6 is 11.6 Å². The zero-order valence-corrected chi connectivity index (χ0v) is 28.7. The maximum Gasteiger partial charge on any atom is 0.408 e. The van der Waals surface area contributed by atoms with E-state index in [0.717, 1.165) is 28.7 Å². The molecule has 0 saturated carbocycles. The lowest BCUT2D eigenvalue weighted by Crippen LogP contribution is -2.57. The summed E-state index contributed by atoms with van der Waals surface area (Å²) in [6.07, 6.45) is 1.52. The summed E-state index contributed by atoms with van der Waals surface area (Å²) >= 11 is 6.53. The number of ether oxygens (including phenoxy) is 1. The number of benzene rings is 2. The summed E-state index contributed by atoms with van der Waals surface area (Å²) in [6, 6.07) is 9.18. The van der Waals surface area contributed by atoms with Crippen LogP contribution in [0.3, 0.4) is 0 Å². The fourth-order valence-corrected chi connectivity index (χ4v) is 5.31. The molecule has 43 heavy (non-hydrogen) atoms. The Morgan fingerprint density at radius 2 is 1.60 bits per heavy atom. The van der Waals surface area contributed by atoms with Gasteiger partial charge in [-0.2, -0.15) is 0 Å². The molecule has 0 saturated heterocycles. The molecule has 0 aliphatic carbocycles. The third-order valence-electron chi connectivity index (χ3n) is 7.77. The van der Waals surface area contributed by atoms with Crippen LogP contribution in [0.4, 0.5) is 10.5 Å². The van der Waals surface area contributed by atoms with Gasteiger partial charge in [-0.25, -0.2) is 4.79 Å². The van der Waals surface area contributed by atoms with Gasteiger partial charge >= 0.3 is 6.09 Å². The Morgan fingerprint density at radius 1 is 0.953 bits per heavy atom. The van der Waals surface area contributed by atoms with Crippen molar-refractivity contribution in [3.63, 3.8) is 0 Å². The summed E-state index contributed by atoms with van der Waals surface area (Å²) in [6.45, 7) is 21.3. The van der Waals surface area contributed by atoms with Crippen molar-refractivity contribution in [3.8, 4) is 0 Å². The highest BCUT2D eigenvalue weighted by Gasteiger charge is 2.41. The molecule has 2 aromatic carbocycles. The minimum atomic E-state index is -0.975. The van der Waals surface area contributed by atoms with E-state index in [4.69, 9.17) is 16.3 Å². The highest BCUT2D eigenvalue weighted by molar-refractivity contribution is 6.34. The van der Waals surface area contributed by atoms with Gasteiger partial charge in [0.1, 0.15) is 17.7 Å². The lowest BCUT2D eigenvalue weighted by molar-refractivity contribution is -0.144. The van der Waals surface area contributed by atoms with Gasteiger partial charge in [0.05, 0.1) is 10.7 Å². The van der Waals surface area contributed by atoms with Crippen LogP contribution in [0.5, 0.6) is 0 Å². The van der Waals surface area contributed by atoms with Crippen LogP contribution in [0.1, 0.15) is 103 Å². The highest BCUT2D eigenvalue weighted by Crippen LogP contribution is 2.34. The maximum absolute atomic E-state index is 14.8. The first kappa shape index (κ1) is 36.1. The van der Waals surface area contributed by atoms with Crippen molar-refractivity contribution >= 4 is 35.2 Å². The highest BCUT2D eigenvalue weighted by atomic mass is 35.5. The number of aryl methyl sites for hydroxylation is 3. The largest absolute Gasteiger partial charge is 0.444 e. The minimum Gasteiger partial charge on any atom is -0.444 e. The quantitative estimate of drug-likeness (QED) is 0.251. The number of hydrogen-bond donors (Lipinski definition) is 2. The first-order valence-electron chi connectivity index (χ1n) is 15.4. The lowest BCUT2D eigenvalue weighted by Gasteiger charge is -2.40. The van der Waals surface area contributed by atoms with E-state index >= 15 is 0 Å². The summed E-state index contributed by atoms with van der Waals surface area (Å²) in [5.74, 6) is -0.500. The monoisotopic (exact) mass is 613 g/mol. The number of halogens is 1. The van der Waals surface area contributed by atoms with E-state index in [0.29, 0.717) is 29.5 Å². The second-order valence-electron chi connectivity index (χ2n) is 13.3. The van der Waals surface area contributed by atoms with Gasteiger partial charge in [0.15, 0.2) is 0 Å². The smallest absolute Gasteiger partial charge is 0.408 e. The standard InChI is InChI=1S/C35H52ClN3O4/c1-12-23(5)30(38-34(42)43-35(9,10)11)33(41)39(26(8)19-16-21(2)3)31(27-20-22(4)17-18-24(27)6)32(40)37-29-25(7)14-13-15-28(29)36/h13-15,17-18,20-21,23,26,30-31H,12,16,19H2,1-11H3,(H,37,40)(H,38,42). The van der Waals surface area contributed by atoms with E-state index < -0.39 is 23.8 Å². The number of nitrogens with one attached hydrogen (secondary N) is 2. The Balaban J connectivity index is 2.76. The molecule has 2 aromatic rings. The number of nitrogens with zero attached hydrogens (tertiary/aromatic N) is 1. The number of hydrogen-bond acceptors (Lipinski definition) is 4. The molecule has 0 aliphatic heterocycles. The summed E-state index contributed by atoms with van der Waals surface area (Å²) in [5, 5.41) is 6.33. The molecule has 2 N–H and O–H groups in total. The Bertz CT molecular complexity index is 1250. The molecule has 3 amide bonds.